The molecule has 1 rings (SSSR count). The highest BCUT2D eigenvalue weighted by molar-refractivity contribution is 5.59. The third-order valence-corrected chi connectivity index (χ3v) is 1.62. The number of nitrogen functional groups attached to an aromatic ring is 1. The van der Waals surface area contributed by atoms with E-state index < -0.39 is 4.92 Å². The Kier molecular flexibility index (Phi) is 2.87. The van der Waals surface area contributed by atoms with Crippen molar-refractivity contribution in [2.45, 2.75) is 6.54 Å². The van der Waals surface area contributed by atoms with Gasteiger partial charge in [0.1, 0.15) is 0 Å². The summed E-state index contributed by atoms with van der Waals surface area (Å²) >= 11 is 0. The van der Waals surface area contributed by atoms with E-state index in [1.165, 1.54) is 7.11 Å². The highest BCUT2D eigenvalue weighted by Gasteiger charge is 2.26. The van der Waals surface area contributed by atoms with Crippen molar-refractivity contribution in [1.82, 2.24) is 9.78 Å². The van der Waals surface area contributed by atoms with Gasteiger partial charge in [0.25, 0.3) is 0 Å². The molecule has 1 aromatic heterocycles. The van der Waals surface area contributed by atoms with Crippen molar-refractivity contribution in [3.63, 3.8) is 0 Å². The zero-order valence-corrected chi connectivity index (χ0v) is 7.51. The largest absolute Gasteiger partial charge is 0.475 e. The molecule has 0 aliphatic carbocycles. The molecule has 0 aromatic carbocycles. The predicted molar refractivity (Wildman–Crippen MR) is 46.9 cm³/mol. The van der Waals surface area contributed by atoms with Gasteiger partial charge >= 0.3 is 11.6 Å². The van der Waals surface area contributed by atoms with Gasteiger partial charge < -0.3 is 15.6 Å². The summed E-state index contributed by atoms with van der Waals surface area (Å²) in [4.78, 5) is 9.88. The van der Waals surface area contributed by atoms with E-state index in [-0.39, 0.29) is 30.5 Å². The first kappa shape index (κ1) is 10.3. The van der Waals surface area contributed by atoms with Gasteiger partial charge in [-0.1, -0.05) is 0 Å². The summed E-state index contributed by atoms with van der Waals surface area (Å²) in [6, 6.07) is 0. The first-order valence-electron chi connectivity index (χ1n) is 3.77. The predicted octanol–water partition coefficient (Wildman–Crippen LogP) is -0.626. The third kappa shape index (κ3) is 1.59. The molecule has 0 amide bonds. The highest BCUT2D eigenvalue weighted by Crippen LogP contribution is 2.31. The molecule has 0 aliphatic rings. The summed E-state index contributed by atoms with van der Waals surface area (Å²) in [5.41, 5.74) is 5.06. The molecule has 0 fully saturated rings. The molecule has 1 aromatic rings. The molecule has 78 valence electrons. The quantitative estimate of drug-likeness (QED) is 0.496. The van der Waals surface area contributed by atoms with E-state index in [9.17, 15) is 10.1 Å². The first-order chi connectivity index (χ1) is 6.61. The number of hydrogen-bond acceptors (Lipinski definition) is 6. The van der Waals surface area contributed by atoms with Crippen molar-refractivity contribution < 1.29 is 14.8 Å². The SMILES string of the molecule is COc1nn(CCO)c(N)c1[N+](=O)[O-]. The molecular formula is C6H10N4O4. The van der Waals surface area contributed by atoms with Gasteiger partial charge in [-0.05, 0) is 0 Å². The maximum absolute atomic E-state index is 10.5. The maximum Gasteiger partial charge on any atom is 0.373 e. The van der Waals surface area contributed by atoms with Gasteiger partial charge in [0.05, 0.1) is 25.2 Å². The Morgan fingerprint density at radius 2 is 2.43 bits per heavy atom. The van der Waals surface area contributed by atoms with Crippen LogP contribution in [0.15, 0.2) is 0 Å². The second kappa shape index (κ2) is 3.92. The maximum atomic E-state index is 10.5. The molecule has 0 bridgehead atoms. The molecule has 8 heteroatoms. The van der Waals surface area contributed by atoms with Gasteiger partial charge in [0.15, 0.2) is 0 Å². The Morgan fingerprint density at radius 1 is 1.79 bits per heavy atom. The minimum atomic E-state index is -0.672. The topological polar surface area (TPSA) is 116 Å². The second-order valence-electron chi connectivity index (χ2n) is 2.45. The van der Waals surface area contributed by atoms with E-state index >= 15 is 0 Å². The normalized spacial score (nSPS) is 10.1. The number of nitrogens with zero attached hydrogens (tertiary/aromatic N) is 3. The van der Waals surface area contributed by atoms with Crippen LogP contribution >= 0.6 is 0 Å². The van der Waals surface area contributed by atoms with Crippen LogP contribution in [0.25, 0.3) is 0 Å². The van der Waals surface area contributed by atoms with Crippen LogP contribution in [-0.4, -0.2) is 33.5 Å². The summed E-state index contributed by atoms with van der Waals surface area (Å²) in [5.74, 6) is -0.276. The van der Waals surface area contributed by atoms with Gasteiger partial charge in [-0.3, -0.25) is 10.1 Å². The van der Waals surface area contributed by atoms with Gasteiger partial charge in [-0.2, -0.15) is 0 Å². The number of methoxy groups -OCH3 is 1. The van der Waals surface area contributed by atoms with Crippen molar-refractivity contribution >= 4 is 11.5 Å². The van der Waals surface area contributed by atoms with E-state index in [4.69, 9.17) is 10.8 Å². The number of aromatic nitrogens is 2. The lowest BCUT2D eigenvalue weighted by Crippen LogP contribution is -2.08. The lowest BCUT2D eigenvalue weighted by atomic mass is 10.5. The van der Waals surface area contributed by atoms with Crippen LogP contribution in [0.1, 0.15) is 0 Å². The van der Waals surface area contributed by atoms with Gasteiger partial charge in [0, 0.05) is 0 Å². The third-order valence-electron chi connectivity index (χ3n) is 1.62. The Morgan fingerprint density at radius 3 is 2.79 bits per heavy atom. The molecule has 0 saturated carbocycles. The van der Waals surface area contributed by atoms with Crippen molar-refractivity contribution in [3.05, 3.63) is 10.1 Å². The fraction of sp³-hybridized carbons (Fsp3) is 0.500. The smallest absolute Gasteiger partial charge is 0.373 e. The van der Waals surface area contributed by atoms with Crippen LogP contribution in [0.4, 0.5) is 11.5 Å². The monoisotopic (exact) mass is 202 g/mol. The fourth-order valence-corrected chi connectivity index (χ4v) is 1.02. The standard InChI is InChI=1S/C6H10N4O4/c1-14-6-4(10(12)13)5(7)9(8-6)2-3-11/h11H,2-3,7H2,1H3. The van der Waals surface area contributed by atoms with Gasteiger partial charge in [-0.25, -0.2) is 4.68 Å². The summed E-state index contributed by atoms with van der Waals surface area (Å²) in [6.45, 7) is -0.109. The molecule has 0 saturated heterocycles. The average Bonchev–Trinajstić information content (AvgIpc) is 2.44. The number of aliphatic hydroxyl groups is 1. The van der Waals surface area contributed by atoms with Gasteiger partial charge in [-0.15, -0.1) is 5.10 Å². The number of rotatable bonds is 4. The number of hydrogen-bond donors (Lipinski definition) is 2. The molecule has 1 heterocycles. The highest BCUT2D eigenvalue weighted by atomic mass is 16.6. The van der Waals surface area contributed by atoms with Crippen molar-refractivity contribution in [2.24, 2.45) is 0 Å². The zero-order valence-electron chi connectivity index (χ0n) is 7.51. The number of nitrogens with two attached hydrogens (primary N) is 1. The summed E-state index contributed by atoms with van der Waals surface area (Å²) in [7, 11) is 1.26. The van der Waals surface area contributed by atoms with Crippen LogP contribution in [0.5, 0.6) is 5.88 Å². The minimum absolute atomic E-state index is 0.0933. The Bertz CT molecular complexity index is 348. The molecule has 0 spiro atoms. The Hall–Kier alpha value is -1.83. The van der Waals surface area contributed by atoms with Gasteiger partial charge in [0.2, 0.25) is 5.82 Å². The molecule has 0 unspecified atom stereocenters. The van der Waals surface area contributed by atoms with Crippen LogP contribution < -0.4 is 10.5 Å². The molecule has 8 nitrogen and oxygen atoms in total. The summed E-state index contributed by atoms with van der Waals surface area (Å²) in [5, 5.41) is 22.9. The van der Waals surface area contributed by atoms with E-state index in [1.807, 2.05) is 0 Å². The van der Waals surface area contributed by atoms with E-state index in [0.717, 1.165) is 4.68 Å². The van der Waals surface area contributed by atoms with Crippen LogP contribution in [0.2, 0.25) is 0 Å². The first-order valence-corrected chi connectivity index (χ1v) is 3.77. The van der Waals surface area contributed by atoms with Crippen molar-refractivity contribution in [2.75, 3.05) is 19.5 Å². The number of nitro groups is 1. The minimum Gasteiger partial charge on any atom is -0.475 e. The fourth-order valence-electron chi connectivity index (χ4n) is 1.02. The molecule has 3 N–H and O–H groups in total. The van der Waals surface area contributed by atoms with E-state index in [0.29, 0.717) is 0 Å². The van der Waals surface area contributed by atoms with Crippen LogP contribution in [0.3, 0.4) is 0 Å². The lowest BCUT2D eigenvalue weighted by molar-refractivity contribution is -0.384. The van der Waals surface area contributed by atoms with E-state index in [2.05, 4.69) is 9.84 Å². The summed E-state index contributed by atoms with van der Waals surface area (Å²) < 4.78 is 5.80. The number of ether oxygens (including phenoxy) is 1. The van der Waals surface area contributed by atoms with E-state index in [1.54, 1.807) is 0 Å². The molecule has 0 aliphatic heterocycles. The summed E-state index contributed by atoms with van der Waals surface area (Å²) in [6.07, 6.45) is 0. The molecule has 14 heavy (non-hydrogen) atoms. The Balaban J connectivity index is 3.18. The van der Waals surface area contributed by atoms with Crippen molar-refractivity contribution in [3.8, 4) is 5.88 Å². The zero-order chi connectivity index (χ0) is 10.7. The number of anilines is 1. The molecule has 0 atom stereocenters. The van der Waals surface area contributed by atoms with Crippen molar-refractivity contribution in [1.29, 1.82) is 0 Å². The lowest BCUT2D eigenvalue weighted by Gasteiger charge is -1.97. The second-order valence-corrected chi connectivity index (χ2v) is 2.45. The number of aliphatic hydroxyl groups excluding tert-OH is 1. The average molecular weight is 202 g/mol. The molecular weight excluding hydrogens is 192 g/mol. The Labute approximate surface area is 79.0 Å². The molecule has 0 radical (unpaired) electrons. The van der Waals surface area contributed by atoms with Crippen LogP contribution in [0, 0.1) is 10.1 Å². The van der Waals surface area contributed by atoms with Crippen LogP contribution in [-0.2, 0) is 6.54 Å².